The minimum atomic E-state index is -3.79. The van der Waals surface area contributed by atoms with E-state index < -0.39 is 31.3 Å². The summed E-state index contributed by atoms with van der Waals surface area (Å²) in [7, 11) is -7.38. The van der Waals surface area contributed by atoms with Gasteiger partial charge in [-0.3, -0.25) is 0 Å². The van der Waals surface area contributed by atoms with Crippen LogP contribution in [0.3, 0.4) is 0 Å². The van der Waals surface area contributed by atoms with Gasteiger partial charge in [0, 0.05) is 13.0 Å². The van der Waals surface area contributed by atoms with E-state index in [-0.39, 0.29) is 35.9 Å². The lowest BCUT2D eigenvalue weighted by Gasteiger charge is -2.38. The summed E-state index contributed by atoms with van der Waals surface area (Å²) in [6.45, 7) is 4.25. The van der Waals surface area contributed by atoms with E-state index in [2.05, 4.69) is 0 Å². The topological polar surface area (TPSA) is 84.0 Å². The zero-order chi connectivity index (χ0) is 20.8. The summed E-state index contributed by atoms with van der Waals surface area (Å²) in [6.07, 6.45) is -0.343. The third kappa shape index (κ3) is 3.73. The highest BCUT2D eigenvalue weighted by atomic mass is 32.2. The van der Waals surface area contributed by atoms with Crippen molar-refractivity contribution >= 4 is 19.9 Å². The molecular formula is C20H24N2O5S2. The van der Waals surface area contributed by atoms with Gasteiger partial charge in [0.05, 0.1) is 28.2 Å². The molecule has 0 bridgehead atoms. The lowest BCUT2D eigenvalue weighted by molar-refractivity contribution is -0.153. The van der Waals surface area contributed by atoms with Crippen LogP contribution in [-0.4, -0.2) is 57.4 Å². The van der Waals surface area contributed by atoms with Crippen molar-refractivity contribution in [2.24, 2.45) is 0 Å². The Morgan fingerprint density at radius 2 is 1.41 bits per heavy atom. The van der Waals surface area contributed by atoms with E-state index in [1.807, 2.05) is 13.8 Å². The Kier molecular flexibility index (Phi) is 5.28. The molecule has 156 valence electrons. The summed E-state index contributed by atoms with van der Waals surface area (Å²) in [5.74, 6) is 0. The summed E-state index contributed by atoms with van der Waals surface area (Å²) in [5, 5.41) is 0.818. The van der Waals surface area contributed by atoms with Gasteiger partial charge in [-0.1, -0.05) is 35.4 Å². The van der Waals surface area contributed by atoms with Crippen LogP contribution in [0, 0.1) is 13.8 Å². The Hall–Kier alpha value is -1.78. The number of hydrogen-bond donors (Lipinski definition) is 0. The minimum Gasteiger partial charge on any atom is -0.360 e. The lowest BCUT2D eigenvalue weighted by Crippen LogP contribution is -2.55. The number of benzene rings is 2. The monoisotopic (exact) mass is 436 g/mol. The fourth-order valence-electron chi connectivity index (χ4n) is 3.77. The summed E-state index contributed by atoms with van der Waals surface area (Å²) in [5.41, 5.74) is 1.95. The van der Waals surface area contributed by atoms with E-state index in [0.29, 0.717) is 0 Å². The van der Waals surface area contributed by atoms with E-state index >= 15 is 0 Å². The van der Waals surface area contributed by atoms with Crippen LogP contribution in [0.4, 0.5) is 0 Å². The van der Waals surface area contributed by atoms with Crippen LogP contribution in [0.2, 0.25) is 0 Å². The van der Waals surface area contributed by atoms with Gasteiger partial charge in [0.25, 0.3) is 10.0 Å². The molecule has 0 unspecified atom stereocenters. The van der Waals surface area contributed by atoms with Crippen molar-refractivity contribution in [2.75, 3.05) is 19.7 Å². The van der Waals surface area contributed by atoms with Gasteiger partial charge < -0.3 is 4.74 Å². The molecule has 2 aromatic rings. The summed E-state index contributed by atoms with van der Waals surface area (Å²) < 4.78 is 59.6. The van der Waals surface area contributed by atoms with Gasteiger partial charge in [0.1, 0.15) is 6.23 Å². The van der Waals surface area contributed by atoms with Crippen LogP contribution in [0.5, 0.6) is 0 Å². The molecule has 0 aromatic heterocycles. The molecule has 7 nitrogen and oxygen atoms in total. The van der Waals surface area contributed by atoms with E-state index in [0.717, 1.165) is 11.1 Å². The summed E-state index contributed by atoms with van der Waals surface area (Å²) in [6, 6.07) is 13.4. The molecule has 4 rings (SSSR count). The second-order valence-electron chi connectivity index (χ2n) is 7.53. The number of ether oxygens (including phenoxy) is 1. The standard InChI is InChI=1S/C20H24N2O5S2/c1-15-3-7-17(8-4-15)28(23,24)19-13-20-21(14-19)22(11-12-27-20)29(25,26)18-9-5-16(2)6-10-18/h3-10,19-20H,11-14H2,1-2H3/t19-,20-/m1/s1. The zero-order valence-electron chi connectivity index (χ0n) is 16.4. The van der Waals surface area contributed by atoms with Gasteiger partial charge in [0.2, 0.25) is 0 Å². The molecular weight excluding hydrogens is 412 g/mol. The van der Waals surface area contributed by atoms with Gasteiger partial charge in [-0.2, -0.15) is 5.01 Å². The van der Waals surface area contributed by atoms with Crippen LogP contribution in [0.15, 0.2) is 58.3 Å². The Morgan fingerprint density at radius 1 is 0.862 bits per heavy atom. The number of hydrazine groups is 1. The van der Waals surface area contributed by atoms with Crippen LogP contribution in [0.1, 0.15) is 17.5 Å². The molecule has 2 heterocycles. The van der Waals surface area contributed by atoms with Gasteiger partial charge in [0.15, 0.2) is 9.84 Å². The Morgan fingerprint density at radius 3 is 2.00 bits per heavy atom. The number of sulfone groups is 1. The number of fused-ring (bicyclic) bond motifs is 1. The first-order valence-electron chi connectivity index (χ1n) is 9.48. The molecule has 0 spiro atoms. The normalized spacial score (nSPS) is 23.8. The number of sulfonamides is 1. The minimum absolute atomic E-state index is 0.0754. The average molecular weight is 437 g/mol. The SMILES string of the molecule is Cc1ccc(S(=O)(=O)[C@@H]2C[C@H]3OCCN(S(=O)(=O)c4ccc(C)cc4)N3C2)cc1. The van der Waals surface area contributed by atoms with Crippen LogP contribution >= 0.6 is 0 Å². The number of nitrogens with zero attached hydrogens (tertiary/aromatic N) is 2. The molecule has 0 N–H and O–H groups in total. The predicted molar refractivity (Wildman–Crippen MR) is 108 cm³/mol. The second-order valence-corrected chi connectivity index (χ2v) is 11.6. The smallest absolute Gasteiger partial charge is 0.256 e. The van der Waals surface area contributed by atoms with Crippen molar-refractivity contribution in [2.45, 2.75) is 41.5 Å². The first-order valence-corrected chi connectivity index (χ1v) is 12.5. The maximum atomic E-state index is 13.2. The molecule has 0 saturated carbocycles. The molecule has 0 amide bonds. The molecule has 0 aliphatic carbocycles. The first kappa shape index (κ1) is 20.5. The van der Waals surface area contributed by atoms with Gasteiger partial charge in [-0.05, 0) is 38.1 Å². The highest BCUT2D eigenvalue weighted by Gasteiger charge is 2.48. The fourth-order valence-corrected chi connectivity index (χ4v) is 6.92. The molecule has 2 saturated heterocycles. The molecule has 2 fully saturated rings. The van der Waals surface area contributed by atoms with Crippen LogP contribution < -0.4 is 0 Å². The van der Waals surface area contributed by atoms with Crippen molar-refractivity contribution in [3.63, 3.8) is 0 Å². The molecule has 2 aliphatic heterocycles. The van der Waals surface area contributed by atoms with E-state index in [1.165, 1.54) is 4.41 Å². The fraction of sp³-hybridized carbons (Fsp3) is 0.400. The molecule has 0 radical (unpaired) electrons. The number of hydrogen-bond acceptors (Lipinski definition) is 6. The molecule has 2 atom stereocenters. The highest BCUT2D eigenvalue weighted by molar-refractivity contribution is 7.92. The van der Waals surface area contributed by atoms with Crippen molar-refractivity contribution in [3.8, 4) is 0 Å². The van der Waals surface area contributed by atoms with Crippen LogP contribution in [-0.2, 0) is 24.6 Å². The Bertz CT molecular complexity index is 1100. The molecule has 9 heteroatoms. The summed E-state index contributed by atoms with van der Waals surface area (Å²) in [4.78, 5) is 0.439. The largest absolute Gasteiger partial charge is 0.360 e. The predicted octanol–water partition coefficient (Wildman–Crippen LogP) is 2.11. The molecule has 29 heavy (non-hydrogen) atoms. The van der Waals surface area contributed by atoms with Gasteiger partial charge >= 0.3 is 0 Å². The average Bonchev–Trinajstić information content (AvgIpc) is 3.14. The zero-order valence-corrected chi connectivity index (χ0v) is 18.0. The third-order valence-corrected chi connectivity index (χ3v) is 9.42. The highest BCUT2D eigenvalue weighted by Crippen LogP contribution is 2.34. The first-order chi connectivity index (χ1) is 13.7. The van der Waals surface area contributed by atoms with Crippen LogP contribution in [0.25, 0.3) is 0 Å². The second kappa shape index (κ2) is 7.48. The molecule has 2 aromatic carbocycles. The Labute approximate surface area is 171 Å². The maximum absolute atomic E-state index is 13.2. The van der Waals surface area contributed by atoms with E-state index in [4.69, 9.17) is 4.74 Å². The van der Waals surface area contributed by atoms with Crippen molar-refractivity contribution < 1.29 is 21.6 Å². The van der Waals surface area contributed by atoms with Crippen molar-refractivity contribution in [1.29, 1.82) is 0 Å². The van der Waals surface area contributed by atoms with E-state index in [1.54, 1.807) is 53.5 Å². The quantitative estimate of drug-likeness (QED) is 0.730. The van der Waals surface area contributed by atoms with Gasteiger partial charge in [-0.25, -0.2) is 16.8 Å². The Balaban J connectivity index is 1.62. The van der Waals surface area contributed by atoms with Crippen molar-refractivity contribution in [3.05, 3.63) is 59.7 Å². The molecule has 2 aliphatic rings. The summed E-state index contributed by atoms with van der Waals surface area (Å²) >= 11 is 0. The number of rotatable bonds is 4. The maximum Gasteiger partial charge on any atom is 0.256 e. The lowest BCUT2D eigenvalue weighted by atomic mass is 10.2. The van der Waals surface area contributed by atoms with Crippen molar-refractivity contribution in [1.82, 2.24) is 9.42 Å². The van der Waals surface area contributed by atoms with E-state index in [9.17, 15) is 16.8 Å². The number of aryl methyl sites for hydroxylation is 2. The van der Waals surface area contributed by atoms with Gasteiger partial charge in [-0.15, -0.1) is 4.41 Å². The third-order valence-electron chi connectivity index (χ3n) is 5.45.